The van der Waals surface area contributed by atoms with Gasteiger partial charge in [0.1, 0.15) is 0 Å². The van der Waals surface area contributed by atoms with E-state index in [1.807, 2.05) is 0 Å². The maximum Gasteiger partial charge on any atom is 0.416 e. The molecule has 1 aromatic rings. The zero-order valence-corrected chi connectivity index (χ0v) is 9.96. The van der Waals surface area contributed by atoms with E-state index in [-0.39, 0.29) is 5.41 Å². The predicted octanol–water partition coefficient (Wildman–Crippen LogP) is 2.61. The molecule has 1 fully saturated rings. The molecule has 1 saturated heterocycles. The lowest BCUT2D eigenvalue weighted by atomic mass is 9.81. The molecule has 1 aromatic carbocycles. The molecule has 0 spiro atoms. The molecule has 1 atom stereocenters. The first-order chi connectivity index (χ1) is 8.45. The van der Waals surface area contributed by atoms with Gasteiger partial charge in [0, 0.05) is 18.6 Å². The van der Waals surface area contributed by atoms with E-state index in [9.17, 15) is 13.2 Å². The molecule has 2 rings (SSSR count). The second-order valence-corrected chi connectivity index (χ2v) is 4.88. The molecule has 0 radical (unpaired) electrons. The maximum atomic E-state index is 12.6. The van der Waals surface area contributed by atoms with Gasteiger partial charge in [-0.15, -0.1) is 0 Å². The van der Waals surface area contributed by atoms with Gasteiger partial charge in [0.15, 0.2) is 0 Å². The van der Waals surface area contributed by atoms with Crippen LogP contribution in [-0.2, 0) is 17.3 Å². The van der Waals surface area contributed by atoms with Gasteiger partial charge in [-0.25, -0.2) is 0 Å². The Bertz CT molecular complexity index is 411. The van der Waals surface area contributed by atoms with Crippen LogP contribution in [0, 0.1) is 5.41 Å². The van der Waals surface area contributed by atoms with E-state index in [0.29, 0.717) is 31.7 Å². The molecule has 0 aromatic heterocycles. The second kappa shape index (κ2) is 4.90. The summed E-state index contributed by atoms with van der Waals surface area (Å²) in [4.78, 5) is 0. The highest BCUT2D eigenvalue weighted by Crippen LogP contribution is 2.34. The molecular formula is C13H16F3NO. The molecule has 2 N–H and O–H groups in total. The number of hydrogen-bond acceptors (Lipinski definition) is 2. The van der Waals surface area contributed by atoms with Crippen molar-refractivity contribution in [1.82, 2.24) is 0 Å². The fourth-order valence-electron chi connectivity index (χ4n) is 2.31. The van der Waals surface area contributed by atoms with Crippen molar-refractivity contribution in [1.29, 1.82) is 0 Å². The summed E-state index contributed by atoms with van der Waals surface area (Å²) in [6, 6.07) is 5.45. The van der Waals surface area contributed by atoms with Crippen molar-refractivity contribution in [3.63, 3.8) is 0 Å². The number of benzene rings is 1. The largest absolute Gasteiger partial charge is 0.416 e. The molecule has 5 heteroatoms. The van der Waals surface area contributed by atoms with Gasteiger partial charge in [0.2, 0.25) is 0 Å². The van der Waals surface area contributed by atoms with Gasteiger partial charge in [0.25, 0.3) is 0 Å². The highest BCUT2D eigenvalue weighted by molar-refractivity contribution is 5.26. The molecule has 0 aliphatic carbocycles. The van der Waals surface area contributed by atoms with E-state index in [0.717, 1.165) is 12.5 Å². The Labute approximate surface area is 104 Å². The average molecular weight is 259 g/mol. The van der Waals surface area contributed by atoms with Crippen LogP contribution in [0.2, 0.25) is 0 Å². The first-order valence-corrected chi connectivity index (χ1v) is 5.89. The average Bonchev–Trinajstić information content (AvgIpc) is 2.77. The Kier molecular flexibility index (Phi) is 3.64. The van der Waals surface area contributed by atoms with Crippen LogP contribution in [0.4, 0.5) is 13.2 Å². The first-order valence-electron chi connectivity index (χ1n) is 5.89. The van der Waals surface area contributed by atoms with Crippen molar-refractivity contribution in [2.24, 2.45) is 11.1 Å². The molecule has 0 amide bonds. The summed E-state index contributed by atoms with van der Waals surface area (Å²) >= 11 is 0. The zero-order valence-electron chi connectivity index (χ0n) is 9.96. The molecule has 0 saturated carbocycles. The lowest BCUT2D eigenvalue weighted by Gasteiger charge is -2.25. The lowest BCUT2D eigenvalue weighted by molar-refractivity contribution is -0.137. The molecule has 1 aliphatic heterocycles. The topological polar surface area (TPSA) is 35.2 Å². The van der Waals surface area contributed by atoms with Crippen molar-refractivity contribution >= 4 is 0 Å². The van der Waals surface area contributed by atoms with Gasteiger partial charge in [-0.2, -0.15) is 13.2 Å². The number of ether oxygens (including phenoxy) is 1. The van der Waals surface area contributed by atoms with Gasteiger partial charge >= 0.3 is 6.18 Å². The van der Waals surface area contributed by atoms with Gasteiger partial charge in [-0.3, -0.25) is 0 Å². The minimum atomic E-state index is -4.29. The summed E-state index contributed by atoms with van der Waals surface area (Å²) in [5.74, 6) is 0. The molecule has 1 aliphatic rings. The molecule has 100 valence electrons. The van der Waals surface area contributed by atoms with Crippen molar-refractivity contribution < 1.29 is 17.9 Å². The molecule has 1 heterocycles. The normalized spacial score (nSPS) is 24.4. The molecule has 1 unspecified atom stereocenters. The van der Waals surface area contributed by atoms with Gasteiger partial charge < -0.3 is 10.5 Å². The highest BCUT2D eigenvalue weighted by Gasteiger charge is 2.35. The summed E-state index contributed by atoms with van der Waals surface area (Å²) < 4.78 is 43.1. The number of hydrogen-bond donors (Lipinski definition) is 1. The minimum absolute atomic E-state index is 0.204. The smallest absolute Gasteiger partial charge is 0.381 e. The minimum Gasteiger partial charge on any atom is -0.381 e. The van der Waals surface area contributed by atoms with Crippen LogP contribution in [0.3, 0.4) is 0 Å². The summed E-state index contributed by atoms with van der Waals surface area (Å²) in [6.45, 7) is 1.60. The maximum absolute atomic E-state index is 12.6. The van der Waals surface area contributed by atoms with E-state index in [4.69, 9.17) is 10.5 Å². The monoisotopic (exact) mass is 259 g/mol. The molecule has 0 bridgehead atoms. The fraction of sp³-hybridized carbons (Fsp3) is 0.538. The predicted molar refractivity (Wildman–Crippen MR) is 62.1 cm³/mol. The zero-order chi connectivity index (χ0) is 13.2. The second-order valence-electron chi connectivity index (χ2n) is 4.88. The van der Waals surface area contributed by atoms with Gasteiger partial charge in [-0.1, -0.05) is 18.2 Å². The summed E-state index contributed by atoms with van der Waals surface area (Å²) in [5, 5.41) is 0. The Morgan fingerprint density at radius 1 is 1.33 bits per heavy atom. The molecule has 2 nitrogen and oxygen atoms in total. The third-order valence-corrected chi connectivity index (χ3v) is 3.45. The van der Waals surface area contributed by atoms with Crippen molar-refractivity contribution in [2.75, 3.05) is 19.8 Å². The number of halogens is 3. The van der Waals surface area contributed by atoms with Gasteiger partial charge in [-0.05, 0) is 24.5 Å². The third-order valence-electron chi connectivity index (χ3n) is 3.45. The Morgan fingerprint density at radius 3 is 2.67 bits per heavy atom. The Hall–Kier alpha value is -1.07. The fourth-order valence-corrected chi connectivity index (χ4v) is 2.31. The number of nitrogens with two attached hydrogens (primary N) is 1. The van der Waals surface area contributed by atoms with E-state index in [1.54, 1.807) is 6.07 Å². The lowest BCUT2D eigenvalue weighted by Crippen LogP contribution is -2.33. The molecule has 18 heavy (non-hydrogen) atoms. The van der Waals surface area contributed by atoms with Gasteiger partial charge in [0.05, 0.1) is 12.2 Å². The Morgan fingerprint density at radius 2 is 2.11 bits per heavy atom. The quantitative estimate of drug-likeness (QED) is 0.905. The van der Waals surface area contributed by atoms with Crippen molar-refractivity contribution in [3.05, 3.63) is 35.4 Å². The van der Waals surface area contributed by atoms with Crippen LogP contribution in [-0.4, -0.2) is 19.8 Å². The summed E-state index contributed by atoms with van der Waals surface area (Å²) in [5.41, 5.74) is 5.60. The SMILES string of the molecule is NCC1(Cc2cccc(C(F)(F)F)c2)CCOC1. The van der Waals surface area contributed by atoms with E-state index in [1.165, 1.54) is 12.1 Å². The Balaban J connectivity index is 2.19. The third kappa shape index (κ3) is 2.84. The van der Waals surface area contributed by atoms with Crippen LogP contribution in [0.25, 0.3) is 0 Å². The molecular weight excluding hydrogens is 243 g/mol. The van der Waals surface area contributed by atoms with Crippen LogP contribution < -0.4 is 5.73 Å². The summed E-state index contributed by atoms with van der Waals surface area (Å²) in [7, 11) is 0. The van der Waals surface area contributed by atoms with Crippen molar-refractivity contribution in [3.8, 4) is 0 Å². The van der Waals surface area contributed by atoms with Crippen LogP contribution in [0.1, 0.15) is 17.5 Å². The van der Waals surface area contributed by atoms with E-state index < -0.39 is 11.7 Å². The van der Waals surface area contributed by atoms with Crippen molar-refractivity contribution in [2.45, 2.75) is 19.0 Å². The first kappa shape index (κ1) is 13.4. The number of rotatable bonds is 3. The highest BCUT2D eigenvalue weighted by atomic mass is 19.4. The van der Waals surface area contributed by atoms with Crippen LogP contribution >= 0.6 is 0 Å². The number of alkyl halides is 3. The standard InChI is InChI=1S/C13H16F3NO/c14-13(15,16)11-3-1-2-10(6-11)7-12(8-17)4-5-18-9-12/h1-3,6H,4-5,7-9,17H2. The van der Waals surface area contributed by atoms with Crippen LogP contribution in [0.5, 0.6) is 0 Å². The summed E-state index contributed by atoms with van der Waals surface area (Å²) in [6.07, 6.45) is -2.95. The van der Waals surface area contributed by atoms with E-state index in [2.05, 4.69) is 0 Å². The van der Waals surface area contributed by atoms with E-state index >= 15 is 0 Å². The van der Waals surface area contributed by atoms with Crippen LogP contribution in [0.15, 0.2) is 24.3 Å².